The standard InChI is InChI=1S/C24H20ClN3O4S/c25-19-13-12-17(33(31,32)27-14-6-5-8-16-7-1-4-11-21(16)27)15-22(19)28-23(29)18-9-2-3-10-20(18)26-24(28)30/h1-4,7,9-13,15H,5-6,8,14H2,(H,26,30). The van der Waals surface area contributed by atoms with E-state index in [-0.39, 0.29) is 15.6 Å². The molecule has 0 fully saturated rings. The number of nitrogens with one attached hydrogen (secondary N) is 1. The fourth-order valence-electron chi connectivity index (χ4n) is 4.24. The van der Waals surface area contributed by atoms with Crippen LogP contribution in [0.2, 0.25) is 5.02 Å². The van der Waals surface area contributed by atoms with Gasteiger partial charge in [-0.2, -0.15) is 0 Å². The number of H-pyrrole nitrogens is 1. The Balaban J connectivity index is 1.69. The largest absolute Gasteiger partial charge is 0.333 e. The van der Waals surface area contributed by atoms with Gasteiger partial charge in [0.1, 0.15) is 0 Å². The Morgan fingerprint density at radius 2 is 1.64 bits per heavy atom. The average Bonchev–Trinajstić information content (AvgIpc) is 3.03. The fourth-order valence-corrected chi connectivity index (χ4v) is 6.00. The van der Waals surface area contributed by atoms with E-state index >= 15 is 0 Å². The highest BCUT2D eigenvalue weighted by atomic mass is 35.5. The Bertz CT molecular complexity index is 1610. The molecule has 0 saturated carbocycles. The highest BCUT2D eigenvalue weighted by molar-refractivity contribution is 7.92. The minimum absolute atomic E-state index is 0.0119. The third kappa shape index (κ3) is 3.65. The molecule has 5 rings (SSSR count). The molecule has 1 aliphatic heterocycles. The summed E-state index contributed by atoms with van der Waals surface area (Å²) in [6, 6.07) is 18.1. The summed E-state index contributed by atoms with van der Waals surface area (Å²) < 4.78 is 29.7. The smallest absolute Gasteiger partial charge is 0.306 e. The summed E-state index contributed by atoms with van der Waals surface area (Å²) in [5.74, 6) is 0. The zero-order chi connectivity index (χ0) is 23.2. The molecule has 0 amide bonds. The van der Waals surface area contributed by atoms with E-state index in [0.29, 0.717) is 23.1 Å². The molecule has 168 valence electrons. The molecule has 4 aromatic rings. The number of halogens is 1. The van der Waals surface area contributed by atoms with Crippen molar-refractivity contribution >= 4 is 38.2 Å². The van der Waals surface area contributed by atoms with Gasteiger partial charge in [-0.05, 0) is 61.2 Å². The molecule has 0 bridgehead atoms. The predicted molar refractivity (Wildman–Crippen MR) is 129 cm³/mol. The number of benzene rings is 3. The Labute approximate surface area is 194 Å². The monoisotopic (exact) mass is 481 g/mol. The van der Waals surface area contributed by atoms with Crippen LogP contribution >= 0.6 is 11.6 Å². The minimum atomic E-state index is -3.97. The quantitative estimate of drug-likeness (QED) is 0.481. The van der Waals surface area contributed by atoms with Gasteiger partial charge < -0.3 is 4.98 Å². The van der Waals surface area contributed by atoms with E-state index in [1.807, 2.05) is 18.2 Å². The van der Waals surface area contributed by atoms with Crippen LogP contribution in [0.4, 0.5) is 5.69 Å². The topological polar surface area (TPSA) is 92.2 Å². The van der Waals surface area contributed by atoms with Gasteiger partial charge in [0.05, 0.1) is 32.2 Å². The number of hydrogen-bond donors (Lipinski definition) is 1. The molecule has 3 aromatic carbocycles. The summed E-state index contributed by atoms with van der Waals surface area (Å²) in [4.78, 5) is 28.5. The molecule has 1 N–H and O–H groups in total. The second kappa shape index (κ2) is 8.20. The summed E-state index contributed by atoms with van der Waals surface area (Å²) in [6.07, 6.45) is 2.41. The lowest BCUT2D eigenvalue weighted by atomic mass is 10.1. The summed E-state index contributed by atoms with van der Waals surface area (Å²) >= 11 is 6.35. The lowest BCUT2D eigenvalue weighted by Gasteiger charge is -2.25. The maximum absolute atomic E-state index is 13.7. The van der Waals surface area contributed by atoms with E-state index in [0.717, 1.165) is 29.4 Å². The third-order valence-electron chi connectivity index (χ3n) is 5.87. The van der Waals surface area contributed by atoms with Crippen LogP contribution in [-0.2, 0) is 16.4 Å². The molecule has 0 atom stereocenters. The first kappa shape index (κ1) is 21.5. The molecule has 0 aliphatic carbocycles. The summed E-state index contributed by atoms with van der Waals surface area (Å²) in [5, 5.41) is 0.385. The van der Waals surface area contributed by atoms with Gasteiger partial charge in [-0.25, -0.2) is 17.8 Å². The third-order valence-corrected chi connectivity index (χ3v) is 8.00. The van der Waals surface area contributed by atoms with Gasteiger partial charge in [-0.15, -0.1) is 0 Å². The zero-order valence-corrected chi connectivity index (χ0v) is 19.1. The number of aromatic amines is 1. The van der Waals surface area contributed by atoms with Gasteiger partial charge in [0, 0.05) is 6.54 Å². The van der Waals surface area contributed by atoms with Crippen molar-refractivity contribution in [2.75, 3.05) is 10.8 Å². The molecule has 7 nitrogen and oxygen atoms in total. The number of aromatic nitrogens is 2. The van der Waals surface area contributed by atoms with Gasteiger partial charge in [0.15, 0.2) is 0 Å². The molecule has 9 heteroatoms. The van der Waals surface area contributed by atoms with Crippen molar-refractivity contribution < 1.29 is 8.42 Å². The van der Waals surface area contributed by atoms with Gasteiger partial charge >= 0.3 is 5.69 Å². The number of para-hydroxylation sites is 2. The summed E-state index contributed by atoms with van der Waals surface area (Å²) in [7, 11) is -3.97. The Kier molecular flexibility index (Phi) is 5.34. The summed E-state index contributed by atoms with van der Waals surface area (Å²) in [6.45, 7) is 0.341. The van der Waals surface area contributed by atoms with Crippen LogP contribution in [0.3, 0.4) is 0 Å². The lowest BCUT2D eigenvalue weighted by molar-refractivity contribution is 0.589. The van der Waals surface area contributed by atoms with Crippen LogP contribution in [0, 0.1) is 0 Å². The van der Waals surface area contributed by atoms with E-state index in [4.69, 9.17) is 11.6 Å². The number of aryl methyl sites for hydroxylation is 1. The zero-order valence-electron chi connectivity index (χ0n) is 17.5. The molecular formula is C24H20ClN3O4S. The van der Waals surface area contributed by atoms with E-state index in [9.17, 15) is 18.0 Å². The van der Waals surface area contributed by atoms with E-state index in [2.05, 4.69) is 4.98 Å². The first-order valence-electron chi connectivity index (χ1n) is 10.5. The number of nitrogens with zero attached hydrogens (tertiary/aromatic N) is 2. The number of fused-ring (bicyclic) bond motifs is 2. The molecule has 0 saturated heterocycles. The molecule has 1 aromatic heterocycles. The van der Waals surface area contributed by atoms with Gasteiger partial charge in [0.25, 0.3) is 15.6 Å². The van der Waals surface area contributed by atoms with Crippen LogP contribution in [-0.4, -0.2) is 24.5 Å². The first-order valence-corrected chi connectivity index (χ1v) is 12.3. The second-order valence-electron chi connectivity index (χ2n) is 7.89. The number of rotatable bonds is 3. The van der Waals surface area contributed by atoms with Crippen molar-refractivity contribution in [3.63, 3.8) is 0 Å². The van der Waals surface area contributed by atoms with Crippen LogP contribution in [0.15, 0.2) is 81.2 Å². The van der Waals surface area contributed by atoms with E-state index in [1.54, 1.807) is 30.3 Å². The number of anilines is 1. The highest BCUT2D eigenvalue weighted by Crippen LogP contribution is 2.32. The Hall–Kier alpha value is -3.36. The van der Waals surface area contributed by atoms with Crippen molar-refractivity contribution in [3.8, 4) is 5.69 Å². The minimum Gasteiger partial charge on any atom is -0.306 e. The lowest BCUT2D eigenvalue weighted by Crippen LogP contribution is -2.34. The summed E-state index contributed by atoms with van der Waals surface area (Å²) in [5.41, 5.74) is 0.742. The van der Waals surface area contributed by atoms with Crippen molar-refractivity contribution in [1.29, 1.82) is 0 Å². The number of hydrogen-bond acceptors (Lipinski definition) is 4. The van der Waals surface area contributed by atoms with Crippen LogP contribution in [0.1, 0.15) is 18.4 Å². The first-order chi connectivity index (χ1) is 15.9. The molecule has 1 aliphatic rings. The van der Waals surface area contributed by atoms with Crippen molar-refractivity contribution in [2.24, 2.45) is 0 Å². The average molecular weight is 482 g/mol. The van der Waals surface area contributed by atoms with Gasteiger partial charge in [0.2, 0.25) is 0 Å². The van der Waals surface area contributed by atoms with Crippen LogP contribution in [0.25, 0.3) is 16.6 Å². The Morgan fingerprint density at radius 3 is 2.48 bits per heavy atom. The maximum atomic E-state index is 13.7. The van der Waals surface area contributed by atoms with Crippen LogP contribution in [0.5, 0.6) is 0 Å². The van der Waals surface area contributed by atoms with Crippen LogP contribution < -0.4 is 15.6 Å². The van der Waals surface area contributed by atoms with E-state index < -0.39 is 21.3 Å². The Morgan fingerprint density at radius 1 is 0.879 bits per heavy atom. The molecule has 0 spiro atoms. The highest BCUT2D eigenvalue weighted by Gasteiger charge is 2.29. The van der Waals surface area contributed by atoms with E-state index in [1.165, 1.54) is 22.5 Å². The normalized spacial score (nSPS) is 14.2. The fraction of sp³-hybridized carbons (Fsp3) is 0.167. The van der Waals surface area contributed by atoms with Crippen molar-refractivity contribution in [1.82, 2.24) is 9.55 Å². The molecule has 33 heavy (non-hydrogen) atoms. The molecule has 2 heterocycles. The predicted octanol–water partition coefficient (Wildman–Crippen LogP) is 3.86. The second-order valence-corrected chi connectivity index (χ2v) is 10.2. The molecular weight excluding hydrogens is 462 g/mol. The molecule has 0 unspecified atom stereocenters. The van der Waals surface area contributed by atoms with Crippen molar-refractivity contribution in [2.45, 2.75) is 24.2 Å². The maximum Gasteiger partial charge on any atom is 0.333 e. The van der Waals surface area contributed by atoms with Gasteiger partial charge in [-0.3, -0.25) is 9.10 Å². The van der Waals surface area contributed by atoms with Crippen molar-refractivity contribution in [3.05, 3.63) is 98.2 Å². The SMILES string of the molecule is O=c1[nH]c2ccccc2c(=O)n1-c1cc(S(=O)(=O)N2CCCCc3ccccc32)ccc1Cl. The number of sulfonamides is 1. The van der Waals surface area contributed by atoms with Gasteiger partial charge in [-0.1, -0.05) is 41.9 Å². The molecule has 0 radical (unpaired) electrons.